The molecular formula is C16H13N3O. The predicted molar refractivity (Wildman–Crippen MR) is 78.0 cm³/mol. The number of hydrogen-bond donors (Lipinski definition) is 1. The molecule has 0 saturated carbocycles. The maximum Gasteiger partial charge on any atom is 0.255 e. The number of imidazole rings is 1. The van der Waals surface area contributed by atoms with Crippen molar-refractivity contribution in [1.29, 1.82) is 0 Å². The number of carbonyl (C=O) groups excluding carboxylic acids is 1. The highest BCUT2D eigenvalue weighted by Gasteiger charge is 2.04. The number of aromatic nitrogens is 2. The maximum atomic E-state index is 12.0. The molecule has 0 bridgehead atoms. The molecule has 0 spiro atoms. The lowest BCUT2D eigenvalue weighted by atomic mass is 10.2. The van der Waals surface area contributed by atoms with Gasteiger partial charge in [-0.25, -0.2) is 4.98 Å². The van der Waals surface area contributed by atoms with Crippen LogP contribution in [-0.2, 0) is 0 Å². The van der Waals surface area contributed by atoms with E-state index in [9.17, 15) is 4.79 Å². The summed E-state index contributed by atoms with van der Waals surface area (Å²) in [6.45, 7) is 0. The topological polar surface area (TPSA) is 46.9 Å². The van der Waals surface area contributed by atoms with Gasteiger partial charge in [-0.05, 0) is 36.4 Å². The van der Waals surface area contributed by atoms with Crippen molar-refractivity contribution in [2.75, 3.05) is 5.32 Å². The number of hydrogen-bond acceptors (Lipinski definition) is 2. The van der Waals surface area contributed by atoms with Crippen LogP contribution in [0.25, 0.3) is 5.69 Å². The summed E-state index contributed by atoms with van der Waals surface area (Å²) in [5, 5.41) is 2.87. The van der Waals surface area contributed by atoms with Gasteiger partial charge in [0, 0.05) is 29.3 Å². The van der Waals surface area contributed by atoms with Crippen molar-refractivity contribution in [2.24, 2.45) is 0 Å². The van der Waals surface area contributed by atoms with Gasteiger partial charge in [0.1, 0.15) is 0 Å². The van der Waals surface area contributed by atoms with Crippen LogP contribution in [0.1, 0.15) is 10.4 Å². The highest BCUT2D eigenvalue weighted by Crippen LogP contribution is 2.14. The number of amides is 1. The second-order valence-corrected chi connectivity index (χ2v) is 4.34. The second kappa shape index (κ2) is 5.40. The summed E-state index contributed by atoms with van der Waals surface area (Å²) in [7, 11) is 0. The molecule has 0 saturated heterocycles. The minimum atomic E-state index is -0.110. The lowest BCUT2D eigenvalue weighted by Gasteiger charge is -2.07. The molecule has 1 amide bonds. The van der Waals surface area contributed by atoms with Crippen LogP contribution in [0.15, 0.2) is 73.3 Å². The zero-order chi connectivity index (χ0) is 13.8. The zero-order valence-corrected chi connectivity index (χ0v) is 10.7. The molecule has 0 atom stereocenters. The van der Waals surface area contributed by atoms with E-state index < -0.39 is 0 Å². The van der Waals surface area contributed by atoms with Gasteiger partial charge in [0.15, 0.2) is 0 Å². The Bertz CT molecular complexity index is 688. The Hall–Kier alpha value is -2.88. The first-order valence-electron chi connectivity index (χ1n) is 6.28. The summed E-state index contributed by atoms with van der Waals surface area (Å²) in [6, 6.07) is 16.8. The van der Waals surface area contributed by atoms with Gasteiger partial charge in [-0.15, -0.1) is 0 Å². The Kier molecular flexibility index (Phi) is 3.29. The zero-order valence-electron chi connectivity index (χ0n) is 10.7. The number of rotatable bonds is 3. The molecule has 20 heavy (non-hydrogen) atoms. The van der Waals surface area contributed by atoms with Crippen molar-refractivity contribution in [3.63, 3.8) is 0 Å². The Morgan fingerprint density at radius 1 is 1.00 bits per heavy atom. The van der Waals surface area contributed by atoms with Crippen LogP contribution in [0.4, 0.5) is 5.69 Å². The Morgan fingerprint density at radius 2 is 1.75 bits per heavy atom. The van der Waals surface area contributed by atoms with Crippen molar-refractivity contribution in [2.45, 2.75) is 0 Å². The van der Waals surface area contributed by atoms with Gasteiger partial charge in [-0.2, -0.15) is 0 Å². The van der Waals surface area contributed by atoms with Crippen LogP contribution in [0.2, 0.25) is 0 Å². The average molecular weight is 263 g/mol. The molecule has 3 rings (SSSR count). The lowest BCUT2D eigenvalue weighted by molar-refractivity contribution is 0.102. The summed E-state index contributed by atoms with van der Waals surface area (Å²) in [6.07, 6.45) is 5.33. The first-order valence-corrected chi connectivity index (χ1v) is 6.28. The molecule has 1 aromatic heterocycles. The molecule has 0 fully saturated rings. The molecule has 3 aromatic rings. The van der Waals surface area contributed by atoms with Crippen LogP contribution in [-0.4, -0.2) is 15.5 Å². The second-order valence-electron chi connectivity index (χ2n) is 4.34. The van der Waals surface area contributed by atoms with Crippen LogP contribution < -0.4 is 5.32 Å². The standard InChI is InChI=1S/C16H13N3O/c20-16(13-4-2-1-3-5-13)18-14-6-8-15(9-7-14)19-11-10-17-12-19/h1-12H,(H,18,20). The van der Waals surface area contributed by atoms with Crippen LogP contribution >= 0.6 is 0 Å². The number of carbonyl (C=O) groups is 1. The summed E-state index contributed by atoms with van der Waals surface area (Å²) >= 11 is 0. The van der Waals surface area contributed by atoms with Gasteiger partial charge in [0.2, 0.25) is 0 Å². The Morgan fingerprint density at radius 3 is 2.40 bits per heavy atom. The number of anilines is 1. The van der Waals surface area contributed by atoms with E-state index in [1.54, 1.807) is 24.7 Å². The summed E-state index contributed by atoms with van der Waals surface area (Å²) < 4.78 is 1.91. The van der Waals surface area contributed by atoms with E-state index in [-0.39, 0.29) is 5.91 Å². The van der Waals surface area contributed by atoms with Gasteiger partial charge < -0.3 is 9.88 Å². The van der Waals surface area contributed by atoms with Gasteiger partial charge in [0.25, 0.3) is 5.91 Å². The number of nitrogens with one attached hydrogen (secondary N) is 1. The molecule has 0 aliphatic carbocycles. The van der Waals surface area contributed by atoms with E-state index in [2.05, 4.69) is 10.3 Å². The van der Waals surface area contributed by atoms with E-state index >= 15 is 0 Å². The molecule has 4 heteroatoms. The molecular weight excluding hydrogens is 250 g/mol. The van der Waals surface area contributed by atoms with Crippen molar-refractivity contribution in [3.8, 4) is 5.69 Å². The maximum absolute atomic E-state index is 12.0. The van der Waals surface area contributed by atoms with Crippen LogP contribution in [0.3, 0.4) is 0 Å². The fourth-order valence-corrected chi connectivity index (χ4v) is 1.92. The summed E-state index contributed by atoms with van der Waals surface area (Å²) in [4.78, 5) is 16.0. The minimum Gasteiger partial charge on any atom is -0.322 e. The minimum absolute atomic E-state index is 0.110. The molecule has 0 unspecified atom stereocenters. The molecule has 0 aliphatic rings. The largest absolute Gasteiger partial charge is 0.322 e. The summed E-state index contributed by atoms with van der Waals surface area (Å²) in [5.74, 6) is -0.110. The molecule has 1 heterocycles. The molecule has 98 valence electrons. The first kappa shape index (κ1) is 12.2. The Labute approximate surface area is 116 Å². The summed E-state index contributed by atoms with van der Waals surface area (Å²) in [5.41, 5.74) is 2.41. The number of nitrogens with zero attached hydrogens (tertiary/aromatic N) is 2. The third kappa shape index (κ3) is 2.59. The smallest absolute Gasteiger partial charge is 0.255 e. The average Bonchev–Trinajstić information content (AvgIpc) is 3.03. The van der Waals surface area contributed by atoms with Crippen molar-refractivity contribution in [1.82, 2.24) is 9.55 Å². The van der Waals surface area contributed by atoms with Crippen LogP contribution in [0.5, 0.6) is 0 Å². The molecule has 0 aliphatic heterocycles. The van der Waals surface area contributed by atoms with Crippen molar-refractivity contribution < 1.29 is 4.79 Å². The van der Waals surface area contributed by atoms with Crippen molar-refractivity contribution >= 4 is 11.6 Å². The number of benzene rings is 2. The lowest BCUT2D eigenvalue weighted by Crippen LogP contribution is -2.11. The molecule has 2 aromatic carbocycles. The molecule has 4 nitrogen and oxygen atoms in total. The third-order valence-corrected chi connectivity index (χ3v) is 2.96. The SMILES string of the molecule is O=C(Nc1ccc(-n2ccnc2)cc1)c1ccccc1. The van der Waals surface area contributed by atoms with E-state index in [0.717, 1.165) is 11.4 Å². The van der Waals surface area contributed by atoms with Gasteiger partial charge >= 0.3 is 0 Å². The van der Waals surface area contributed by atoms with Gasteiger partial charge in [0.05, 0.1) is 6.33 Å². The normalized spacial score (nSPS) is 10.2. The monoisotopic (exact) mass is 263 g/mol. The van der Waals surface area contributed by atoms with E-state index in [1.165, 1.54) is 0 Å². The van der Waals surface area contributed by atoms with E-state index in [0.29, 0.717) is 5.56 Å². The van der Waals surface area contributed by atoms with Crippen LogP contribution in [0, 0.1) is 0 Å². The van der Waals surface area contributed by atoms with E-state index in [4.69, 9.17) is 0 Å². The highest BCUT2D eigenvalue weighted by molar-refractivity contribution is 6.04. The quantitative estimate of drug-likeness (QED) is 0.789. The van der Waals surface area contributed by atoms with Gasteiger partial charge in [-0.1, -0.05) is 18.2 Å². The fourth-order valence-electron chi connectivity index (χ4n) is 1.92. The van der Waals surface area contributed by atoms with E-state index in [1.807, 2.05) is 53.2 Å². The predicted octanol–water partition coefficient (Wildman–Crippen LogP) is 3.12. The first-order chi connectivity index (χ1) is 9.83. The van der Waals surface area contributed by atoms with Crippen molar-refractivity contribution in [3.05, 3.63) is 78.9 Å². The Balaban J connectivity index is 1.74. The third-order valence-electron chi connectivity index (χ3n) is 2.96. The molecule has 0 radical (unpaired) electrons. The fraction of sp³-hybridized carbons (Fsp3) is 0. The highest BCUT2D eigenvalue weighted by atomic mass is 16.1. The molecule has 1 N–H and O–H groups in total. The van der Waals surface area contributed by atoms with Gasteiger partial charge in [-0.3, -0.25) is 4.79 Å².